The number of rotatable bonds is 5. The number of benzene rings is 3. The molecule has 0 saturated heterocycles. The fraction of sp³-hybridized carbons (Fsp3) is 0.0789. The molecule has 0 amide bonds. The van der Waals surface area contributed by atoms with Gasteiger partial charge < -0.3 is 0 Å². The van der Waals surface area contributed by atoms with Crippen LogP contribution in [0.2, 0.25) is 0 Å². The maximum Gasteiger partial charge on any atom is 0.0972 e. The molecule has 0 spiro atoms. The monoisotopic (exact) mass is 527 g/mol. The summed E-state index contributed by atoms with van der Waals surface area (Å²) in [5.74, 6) is 0. The molecule has 41 heavy (non-hydrogen) atoms. The Kier molecular flexibility index (Phi) is 5.94. The Morgan fingerprint density at radius 2 is 1.46 bits per heavy atom. The Morgan fingerprint density at radius 3 is 2.27 bits per heavy atom. The Morgan fingerprint density at radius 1 is 0.732 bits per heavy atom. The van der Waals surface area contributed by atoms with Gasteiger partial charge in [-0.05, 0) is 64.2 Å². The summed E-state index contributed by atoms with van der Waals surface area (Å²) in [6.07, 6.45) is 9.61. The topological polar surface area (TPSA) is 38.7 Å². The number of nitrogens with zero attached hydrogens (tertiary/aromatic N) is 3. The van der Waals surface area contributed by atoms with Gasteiger partial charge in [0.05, 0.1) is 28.1 Å². The Labute approximate surface area is 240 Å². The first-order chi connectivity index (χ1) is 20.0. The lowest BCUT2D eigenvalue weighted by atomic mass is 9.82. The van der Waals surface area contributed by atoms with Crippen LogP contribution in [0.15, 0.2) is 128 Å². The second kappa shape index (κ2) is 9.79. The Balaban J connectivity index is 1.31. The third kappa shape index (κ3) is 4.27. The van der Waals surface area contributed by atoms with Crippen LogP contribution >= 0.6 is 0 Å². The second-order valence-corrected chi connectivity index (χ2v) is 11.0. The van der Waals surface area contributed by atoms with E-state index < -0.39 is 0 Å². The molecule has 1 aliphatic rings. The van der Waals surface area contributed by atoms with Crippen LogP contribution in [-0.4, -0.2) is 15.0 Å². The summed E-state index contributed by atoms with van der Waals surface area (Å²) in [4.78, 5) is 14.6. The molecule has 0 aliphatic heterocycles. The molecule has 3 heterocycles. The minimum absolute atomic E-state index is 0.0552. The molecule has 6 aromatic rings. The van der Waals surface area contributed by atoms with Gasteiger partial charge in [0.25, 0.3) is 0 Å². The highest BCUT2D eigenvalue weighted by atomic mass is 14.8. The van der Waals surface area contributed by atoms with Crippen LogP contribution in [0.1, 0.15) is 36.4 Å². The highest BCUT2D eigenvalue weighted by Crippen LogP contribution is 2.49. The van der Waals surface area contributed by atoms with Crippen molar-refractivity contribution >= 4 is 33.5 Å². The van der Waals surface area contributed by atoms with Crippen LogP contribution < -0.4 is 0 Å². The largest absolute Gasteiger partial charge is 0.257 e. The minimum atomic E-state index is -0.0552. The lowest BCUT2D eigenvalue weighted by Crippen LogP contribution is -2.14. The van der Waals surface area contributed by atoms with Gasteiger partial charge in [0.1, 0.15) is 0 Å². The summed E-state index contributed by atoms with van der Waals surface area (Å²) in [6.45, 7) is 8.66. The molecule has 0 saturated carbocycles. The predicted molar refractivity (Wildman–Crippen MR) is 171 cm³/mol. The average molecular weight is 528 g/mol. The molecule has 196 valence electrons. The van der Waals surface area contributed by atoms with Crippen LogP contribution in [0, 0.1) is 0 Å². The number of hydrogen-bond donors (Lipinski definition) is 0. The first-order valence-corrected chi connectivity index (χ1v) is 13.9. The van der Waals surface area contributed by atoms with Crippen molar-refractivity contribution in [2.45, 2.75) is 19.3 Å². The minimum Gasteiger partial charge on any atom is -0.257 e. The van der Waals surface area contributed by atoms with Gasteiger partial charge in [-0.15, -0.1) is 0 Å². The molecule has 0 fully saturated rings. The Bertz CT molecular complexity index is 2030. The summed E-state index contributed by atoms with van der Waals surface area (Å²) < 4.78 is 0. The van der Waals surface area contributed by atoms with Crippen LogP contribution in [0.5, 0.6) is 0 Å². The van der Waals surface area contributed by atoms with Gasteiger partial charge in [-0.1, -0.05) is 105 Å². The first-order valence-electron chi connectivity index (χ1n) is 13.9. The van der Waals surface area contributed by atoms with E-state index in [0.717, 1.165) is 50.0 Å². The van der Waals surface area contributed by atoms with Crippen molar-refractivity contribution < 1.29 is 0 Å². The zero-order valence-electron chi connectivity index (χ0n) is 23.2. The highest BCUT2D eigenvalue weighted by Gasteiger charge is 2.35. The number of fused-ring (bicyclic) bond motifs is 6. The van der Waals surface area contributed by atoms with Gasteiger partial charge >= 0.3 is 0 Å². The third-order valence-electron chi connectivity index (χ3n) is 8.15. The molecule has 3 nitrogen and oxygen atoms in total. The lowest BCUT2D eigenvalue weighted by Gasteiger charge is -2.21. The molecule has 0 N–H and O–H groups in total. The van der Waals surface area contributed by atoms with Crippen molar-refractivity contribution in [3.63, 3.8) is 0 Å². The van der Waals surface area contributed by atoms with E-state index in [-0.39, 0.29) is 5.41 Å². The molecule has 0 atom stereocenters. The summed E-state index contributed by atoms with van der Waals surface area (Å²) in [6, 6.07) is 34.0. The summed E-state index contributed by atoms with van der Waals surface area (Å²) in [7, 11) is 0. The second-order valence-electron chi connectivity index (χ2n) is 11.0. The van der Waals surface area contributed by atoms with E-state index in [9.17, 15) is 0 Å². The van der Waals surface area contributed by atoms with Crippen molar-refractivity contribution in [3.8, 4) is 22.4 Å². The molecule has 3 heteroatoms. The van der Waals surface area contributed by atoms with E-state index in [1.807, 2.05) is 48.6 Å². The van der Waals surface area contributed by atoms with Crippen molar-refractivity contribution in [1.82, 2.24) is 15.0 Å². The standard InChI is InChI=1S/C38H29N3/c1-4-25(10-9-12-29-11-7-8-23-39-29)34-21-18-26-15-16-27-19-22-35(41-37(27)36(26)40-34)28-17-20-31-30-13-5-6-14-32(30)38(2,3)33(31)24-28/h4-24H,1H2,2-3H3/b12-9+,25-10+. The van der Waals surface area contributed by atoms with Gasteiger partial charge in [0.2, 0.25) is 0 Å². The van der Waals surface area contributed by atoms with Gasteiger partial charge in [0.15, 0.2) is 0 Å². The fourth-order valence-corrected chi connectivity index (χ4v) is 5.94. The molecule has 0 bridgehead atoms. The highest BCUT2D eigenvalue weighted by molar-refractivity contribution is 6.04. The van der Waals surface area contributed by atoms with Crippen LogP contribution in [-0.2, 0) is 5.41 Å². The fourth-order valence-electron chi connectivity index (χ4n) is 5.94. The molecular weight excluding hydrogens is 498 g/mol. The summed E-state index contributed by atoms with van der Waals surface area (Å²) in [5.41, 5.74) is 11.9. The summed E-state index contributed by atoms with van der Waals surface area (Å²) >= 11 is 0. The van der Waals surface area contributed by atoms with E-state index in [2.05, 4.69) is 98.2 Å². The van der Waals surface area contributed by atoms with Gasteiger partial charge in [-0.2, -0.15) is 0 Å². The van der Waals surface area contributed by atoms with Gasteiger partial charge in [0, 0.05) is 27.9 Å². The molecule has 7 rings (SSSR count). The van der Waals surface area contributed by atoms with Gasteiger partial charge in [-0.3, -0.25) is 4.98 Å². The van der Waals surface area contributed by atoms with E-state index in [1.54, 1.807) is 6.20 Å². The molecule has 0 unspecified atom stereocenters. The van der Waals surface area contributed by atoms with Crippen molar-refractivity contribution in [2.24, 2.45) is 0 Å². The molecular formula is C38H29N3. The van der Waals surface area contributed by atoms with Crippen LogP contribution in [0.25, 0.3) is 55.8 Å². The number of allylic oxidation sites excluding steroid dienone is 4. The quantitative estimate of drug-likeness (QED) is 0.166. The number of aromatic nitrogens is 3. The number of hydrogen-bond acceptors (Lipinski definition) is 3. The van der Waals surface area contributed by atoms with E-state index in [0.29, 0.717) is 0 Å². The zero-order chi connectivity index (χ0) is 28.0. The predicted octanol–water partition coefficient (Wildman–Crippen LogP) is 9.43. The van der Waals surface area contributed by atoms with Crippen molar-refractivity contribution in [3.05, 3.63) is 151 Å². The maximum atomic E-state index is 5.19. The third-order valence-corrected chi connectivity index (χ3v) is 8.15. The molecule has 3 aromatic carbocycles. The lowest BCUT2D eigenvalue weighted by molar-refractivity contribution is 0.660. The van der Waals surface area contributed by atoms with Crippen LogP contribution in [0.4, 0.5) is 0 Å². The van der Waals surface area contributed by atoms with Crippen molar-refractivity contribution in [2.75, 3.05) is 0 Å². The maximum absolute atomic E-state index is 5.19. The summed E-state index contributed by atoms with van der Waals surface area (Å²) in [5, 5.41) is 2.13. The van der Waals surface area contributed by atoms with E-state index in [4.69, 9.17) is 9.97 Å². The smallest absolute Gasteiger partial charge is 0.0972 e. The zero-order valence-corrected chi connectivity index (χ0v) is 23.2. The van der Waals surface area contributed by atoms with E-state index >= 15 is 0 Å². The van der Waals surface area contributed by atoms with Crippen LogP contribution in [0.3, 0.4) is 0 Å². The normalized spacial score (nSPS) is 14.0. The average Bonchev–Trinajstić information content (AvgIpc) is 3.25. The van der Waals surface area contributed by atoms with E-state index in [1.165, 1.54) is 22.3 Å². The Hall–Kier alpha value is -5.15. The molecule has 1 aliphatic carbocycles. The van der Waals surface area contributed by atoms with Crippen molar-refractivity contribution in [1.29, 1.82) is 0 Å². The van der Waals surface area contributed by atoms with Gasteiger partial charge in [-0.25, -0.2) is 9.97 Å². The molecule has 0 radical (unpaired) electrons. The SMILES string of the molecule is C=C/C(=C\C=C\c1ccccn1)c1ccc2ccc3ccc(-c4ccc5c(c4)C(C)(C)c4ccccc4-5)nc3c2n1. The molecule has 3 aromatic heterocycles. The first kappa shape index (κ1) is 24.9. The number of pyridine rings is 3.